The summed E-state index contributed by atoms with van der Waals surface area (Å²) in [5, 5.41) is 0. The first-order valence-corrected chi connectivity index (χ1v) is 7.82. The number of hydrogen-bond donors (Lipinski definition) is 0. The fourth-order valence-corrected chi connectivity index (χ4v) is 3.68. The molecule has 0 radical (unpaired) electrons. The molecule has 0 N–H and O–H groups in total. The van der Waals surface area contributed by atoms with Crippen molar-refractivity contribution in [3.63, 3.8) is 0 Å². The maximum Gasteiger partial charge on any atom is 0.264 e. The number of nitrogens with zero attached hydrogens (tertiary/aromatic N) is 1. The zero-order valence-corrected chi connectivity index (χ0v) is 12.9. The lowest BCUT2D eigenvalue weighted by atomic mass is 9.70. The van der Waals surface area contributed by atoms with E-state index in [4.69, 9.17) is 16.4 Å². The predicted octanol–water partition coefficient (Wildman–Crippen LogP) is 1.65. The highest BCUT2D eigenvalue weighted by Gasteiger charge is 2.51. The van der Waals surface area contributed by atoms with E-state index in [2.05, 4.69) is 20.8 Å². The molecule has 0 bridgehead atoms. The Hall–Kier alpha value is -0.200. The molecule has 0 aliphatic carbocycles. The van der Waals surface area contributed by atoms with Crippen molar-refractivity contribution in [2.75, 3.05) is 13.3 Å². The molecule has 0 aromatic heterocycles. The fraction of sp³-hybridized carbons (Fsp3) is 0.909. The second-order valence-electron chi connectivity index (χ2n) is 5.79. The smallest absolute Gasteiger partial charge is 0.264 e. The molecule has 4 nitrogen and oxygen atoms in total. The van der Waals surface area contributed by atoms with E-state index in [0.717, 1.165) is 11.2 Å². The summed E-state index contributed by atoms with van der Waals surface area (Å²) in [5.41, 5.74) is 0.0385. The molecular weight excluding hydrogens is 258 g/mol. The second kappa shape index (κ2) is 4.48. The Kier molecular flexibility index (Phi) is 3.91. The molecule has 17 heavy (non-hydrogen) atoms. The molecule has 0 spiro atoms. The molecule has 0 unspecified atom stereocenters. The van der Waals surface area contributed by atoms with Crippen molar-refractivity contribution in [3.05, 3.63) is 0 Å². The van der Waals surface area contributed by atoms with Gasteiger partial charge in [-0.3, -0.25) is 4.18 Å². The van der Waals surface area contributed by atoms with Crippen LogP contribution < -0.4 is 0 Å². The zero-order valence-electron chi connectivity index (χ0n) is 11.2. The molecule has 0 amide bonds. The Morgan fingerprint density at radius 2 is 1.88 bits per heavy atom. The quantitative estimate of drug-likeness (QED) is 0.581. The SMILES string of the molecule is C[C@H](OS(C)(=O)=O)[C@@H]1C(=S)N(C)[C@H]1C(C)(C)C. The number of rotatable bonds is 3. The van der Waals surface area contributed by atoms with Crippen LogP contribution in [0.5, 0.6) is 0 Å². The first kappa shape index (κ1) is 14.9. The monoisotopic (exact) mass is 279 g/mol. The van der Waals surface area contributed by atoms with E-state index in [-0.39, 0.29) is 17.4 Å². The van der Waals surface area contributed by atoms with Gasteiger partial charge < -0.3 is 4.90 Å². The third-order valence-corrected chi connectivity index (χ3v) is 4.32. The van der Waals surface area contributed by atoms with Gasteiger partial charge in [0.05, 0.1) is 23.3 Å². The minimum absolute atomic E-state index is 0.00951. The molecule has 1 saturated heterocycles. The molecule has 6 heteroatoms. The summed E-state index contributed by atoms with van der Waals surface area (Å²) in [5.74, 6) is -0.00951. The summed E-state index contributed by atoms with van der Waals surface area (Å²) in [4.78, 5) is 2.81. The van der Waals surface area contributed by atoms with E-state index in [9.17, 15) is 8.42 Å². The van der Waals surface area contributed by atoms with Crippen molar-refractivity contribution in [1.29, 1.82) is 0 Å². The molecule has 1 fully saturated rings. The van der Waals surface area contributed by atoms with Gasteiger partial charge in [0.15, 0.2) is 0 Å². The van der Waals surface area contributed by atoms with Gasteiger partial charge >= 0.3 is 0 Å². The number of hydrogen-bond acceptors (Lipinski definition) is 4. The minimum atomic E-state index is -3.43. The van der Waals surface area contributed by atoms with Crippen LogP contribution in [0.25, 0.3) is 0 Å². The average molecular weight is 279 g/mol. The van der Waals surface area contributed by atoms with E-state index in [1.807, 2.05) is 11.9 Å². The highest BCUT2D eigenvalue weighted by Crippen LogP contribution is 2.41. The molecule has 1 heterocycles. The summed E-state index contributed by atoms with van der Waals surface area (Å²) < 4.78 is 27.3. The molecule has 0 aromatic rings. The molecular formula is C11H21NO3S2. The summed E-state index contributed by atoms with van der Waals surface area (Å²) >= 11 is 5.29. The van der Waals surface area contributed by atoms with Crippen LogP contribution in [0.3, 0.4) is 0 Å². The molecule has 3 atom stereocenters. The van der Waals surface area contributed by atoms with Crippen LogP contribution in [0.15, 0.2) is 0 Å². The largest absolute Gasteiger partial charge is 0.365 e. The van der Waals surface area contributed by atoms with Crippen molar-refractivity contribution in [3.8, 4) is 0 Å². The topological polar surface area (TPSA) is 46.6 Å². The normalized spacial score (nSPS) is 27.9. The van der Waals surface area contributed by atoms with E-state index in [1.54, 1.807) is 6.92 Å². The fourth-order valence-electron chi connectivity index (χ4n) is 2.58. The van der Waals surface area contributed by atoms with Gasteiger partial charge in [-0.2, -0.15) is 8.42 Å². The van der Waals surface area contributed by atoms with Gasteiger partial charge in [0.2, 0.25) is 0 Å². The van der Waals surface area contributed by atoms with Crippen LogP contribution >= 0.6 is 12.2 Å². The molecule has 100 valence electrons. The first-order valence-electron chi connectivity index (χ1n) is 5.60. The van der Waals surface area contributed by atoms with Gasteiger partial charge in [0.25, 0.3) is 10.1 Å². The highest BCUT2D eigenvalue weighted by molar-refractivity contribution is 7.86. The van der Waals surface area contributed by atoms with E-state index in [1.165, 1.54) is 0 Å². The van der Waals surface area contributed by atoms with E-state index in [0.29, 0.717) is 0 Å². The third-order valence-electron chi connectivity index (χ3n) is 3.11. The predicted molar refractivity (Wildman–Crippen MR) is 72.5 cm³/mol. The van der Waals surface area contributed by atoms with Gasteiger partial charge in [-0.15, -0.1) is 0 Å². The summed E-state index contributed by atoms with van der Waals surface area (Å²) in [6.07, 6.45) is 0.666. The van der Waals surface area contributed by atoms with Crippen molar-refractivity contribution in [2.24, 2.45) is 11.3 Å². The maximum atomic E-state index is 11.2. The Morgan fingerprint density at radius 1 is 1.41 bits per heavy atom. The van der Waals surface area contributed by atoms with E-state index >= 15 is 0 Å². The van der Waals surface area contributed by atoms with Crippen LogP contribution in [0, 0.1) is 11.3 Å². The third kappa shape index (κ3) is 3.17. The van der Waals surface area contributed by atoms with Crippen LogP contribution in [0.4, 0.5) is 0 Å². The Bertz CT molecular complexity index is 411. The van der Waals surface area contributed by atoms with Gasteiger partial charge in [-0.05, 0) is 12.3 Å². The minimum Gasteiger partial charge on any atom is -0.365 e. The van der Waals surface area contributed by atoms with E-state index < -0.39 is 16.2 Å². The molecule has 0 saturated carbocycles. The van der Waals surface area contributed by atoms with Gasteiger partial charge in [0, 0.05) is 13.1 Å². The lowest BCUT2D eigenvalue weighted by molar-refractivity contribution is 0.0333. The summed E-state index contributed by atoms with van der Waals surface area (Å²) in [6, 6.07) is 0.215. The second-order valence-corrected chi connectivity index (χ2v) is 7.81. The summed E-state index contributed by atoms with van der Waals surface area (Å²) in [6.45, 7) is 8.13. The standard InChI is InChI=1S/C11H21NO3S2/c1-7(15-17(6,13)14)8-9(11(2,3)4)12(5)10(8)16/h7-9H,1-6H3/t7-,8-,9+/m0/s1. The number of likely N-dealkylation sites (tertiary alicyclic amines) is 1. The lowest BCUT2D eigenvalue weighted by Crippen LogP contribution is -2.66. The maximum absolute atomic E-state index is 11.2. The van der Waals surface area contributed by atoms with Crippen LogP contribution in [0.1, 0.15) is 27.7 Å². The molecule has 1 rings (SSSR count). The first-order chi connectivity index (χ1) is 7.45. The van der Waals surface area contributed by atoms with Gasteiger partial charge in [-0.25, -0.2) is 0 Å². The lowest BCUT2D eigenvalue weighted by Gasteiger charge is -2.55. The van der Waals surface area contributed by atoms with Crippen molar-refractivity contribution in [1.82, 2.24) is 4.90 Å². The molecule has 1 aliphatic rings. The van der Waals surface area contributed by atoms with Gasteiger partial charge in [-0.1, -0.05) is 33.0 Å². The average Bonchev–Trinajstić information content (AvgIpc) is 2.06. The van der Waals surface area contributed by atoms with Crippen LogP contribution in [-0.4, -0.2) is 43.8 Å². The molecule has 0 aromatic carbocycles. The zero-order chi connectivity index (χ0) is 13.6. The highest BCUT2D eigenvalue weighted by atomic mass is 32.2. The van der Waals surface area contributed by atoms with Crippen molar-refractivity contribution in [2.45, 2.75) is 39.8 Å². The van der Waals surface area contributed by atoms with Crippen LogP contribution in [0.2, 0.25) is 0 Å². The Morgan fingerprint density at radius 3 is 2.24 bits per heavy atom. The number of thiocarbonyl (C=S) groups is 1. The van der Waals surface area contributed by atoms with Crippen LogP contribution in [-0.2, 0) is 14.3 Å². The van der Waals surface area contributed by atoms with Crippen molar-refractivity contribution >= 4 is 27.3 Å². The van der Waals surface area contributed by atoms with Crippen molar-refractivity contribution < 1.29 is 12.6 Å². The summed E-state index contributed by atoms with van der Waals surface area (Å²) in [7, 11) is -1.49. The Balaban J connectivity index is 2.86. The Labute approximate surface area is 109 Å². The van der Waals surface area contributed by atoms with Gasteiger partial charge in [0.1, 0.15) is 0 Å². The molecule has 1 aliphatic heterocycles.